The molecule has 0 aromatic carbocycles. The van der Waals surface area contributed by atoms with Crippen LogP contribution in [0.2, 0.25) is 0 Å². The van der Waals surface area contributed by atoms with E-state index >= 15 is 0 Å². The SMILES string of the molecule is CNc1[nH]ncc1Br. The van der Waals surface area contributed by atoms with Crippen molar-refractivity contribution < 1.29 is 0 Å². The second-order valence-corrected chi connectivity index (χ2v) is 2.20. The number of hydrogen-bond acceptors (Lipinski definition) is 2. The third kappa shape index (κ3) is 0.838. The van der Waals surface area contributed by atoms with Crippen LogP contribution in [0.1, 0.15) is 0 Å². The van der Waals surface area contributed by atoms with Crippen LogP contribution in [-0.4, -0.2) is 17.2 Å². The highest BCUT2D eigenvalue weighted by Crippen LogP contribution is 2.16. The molecule has 1 heterocycles. The van der Waals surface area contributed by atoms with Gasteiger partial charge in [-0.3, -0.25) is 5.10 Å². The maximum Gasteiger partial charge on any atom is 0.135 e. The van der Waals surface area contributed by atoms with Crippen LogP contribution in [0.25, 0.3) is 0 Å². The maximum absolute atomic E-state index is 3.76. The first kappa shape index (κ1) is 5.62. The van der Waals surface area contributed by atoms with E-state index in [4.69, 9.17) is 0 Å². The summed E-state index contributed by atoms with van der Waals surface area (Å²) in [5.74, 6) is 0.907. The molecule has 0 atom stereocenters. The molecule has 0 unspecified atom stereocenters. The Kier molecular flexibility index (Phi) is 1.53. The van der Waals surface area contributed by atoms with E-state index in [0.717, 1.165) is 10.3 Å². The van der Waals surface area contributed by atoms with Gasteiger partial charge in [-0.05, 0) is 15.9 Å². The molecule has 1 rings (SSSR count). The lowest BCUT2D eigenvalue weighted by Crippen LogP contribution is -1.87. The molecule has 44 valence electrons. The van der Waals surface area contributed by atoms with Crippen molar-refractivity contribution in [3.05, 3.63) is 10.7 Å². The van der Waals surface area contributed by atoms with Crippen LogP contribution < -0.4 is 5.32 Å². The second-order valence-electron chi connectivity index (χ2n) is 1.34. The molecule has 2 N–H and O–H groups in total. The van der Waals surface area contributed by atoms with Crippen LogP contribution in [0.5, 0.6) is 0 Å². The first-order chi connectivity index (χ1) is 3.84. The van der Waals surface area contributed by atoms with Crippen molar-refractivity contribution in [2.45, 2.75) is 0 Å². The molecule has 0 fully saturated rings. The predicted molar refractivity (Wildman–Crippen MR) is 35.8 cm³/mol. The van der Waals surface area contributed by atoms with Crippen LogP contribution in [0, 0.1) is 0 Å². The highest BCUT2D eigenvalue weighted by Gasteiger charge is 1.94. The Bertz CT molecular complexity index is 172. The third-order valence-corrected chi connectivity index (χ3v) is 1.44. The molecule has 1 aromatic heterocycles. The van der Waals surface area contributed by atoms with Gasteiger partial charge in [0.15, 0.2) is 0 Å². The number of anilines is 1. The number of nitrogens with zero attached hydrogens (tertiary/aromatic N) is 1. The summed E-state index contributed by atoms with van der Waals surface area (Å²) in [5.41, 5.74) is 0. The molecule has 0 bridgehead atoms. The van der Waals surface area contributed by atoms with Gasteiger partial charge in [0.25, 0.3) is 0 Å². The monoisotopic (exact) mass is 175 g/mol. The molecule has 0 saturated heterocycles. The lowest BCUT2D eigenvalue weighted by atomic mass is 10.6. The van der Waals surface area contributed by atoms with Gasteiger partial charge in [-0.15, -0.1) is 0 Å². The Hall–Kier alpha value is -0.510. The molecule has 0 aliphatic carbocycles. The van der Waals surface area contributed by atoms with Crippen molar-refractivity contribution in [1.82, 2.24) is 10.2 Å². The zero-order valence-electron chi connectivity index (χ0n) is 4.40. The Labute approximate surface area is 55.6 Å². The quantitative estimate of drug-likeness (QED) is 0.675. The number of halogens is 1. The molecule has 0 spiro atoms. The minimum Gasteiger partial charge on any atom is -0.373 e. The molecule has 0 amide bonds. The van der Waals surface area contributed by atoms with Crippen molar-refractivity contribution in [3.8, 4) is 0 Å². The minimum atomic E-state index is 0.907. The van der Waals surface area contributed by atoms with Crippen LogP contribution >= 0.6 is 15.9 Å². The third-order valence-electron chi connectivity index (χ3n) is 0.843. The predicted octanol–water partition coefficient (Wildman–Crippen LogP) is 1.21. The molecule has 1 aromatic rings. The van der Waals surface area contributed by atoms with Gasteiger partial charge in [-0.1, -0.05) is 0 Å². The molecule has 0 aliphatic rings. The number of hydrogen-bond donors (Lipinski definition) is 2. The fourth-order valence-corrected chi connectivity index (χ4v) is 0.836. The maximum atomic E-state index is 3.76. The van der Waals surface area contributed by atoms with Gasteiger partial charge in [0.05, 0.1) is 10.7 Å². The first-order valence-corrected chi connectivity index (χ1v) is 3.00. The van der Waals surface area contributed by atoms with Gasteiger partial charge in [0.2, 0.25) is 0 Å². The summed E-state index contributed by atoms with van der Waals surface area (Å²) in [6, 6.07) is 0. The zero-order valence-corrected chi connectivity index (χ0v) is 5.99. The van der Waals surface area contributed by atoms with Crippen molar-refractivity contribution in [2.24, 2.45) is 0 Å². The van der Waals surface area contributed by atoms with Gasteiger partial charge < -0.3 is 5.32 Å². The van der Waals surface area contributed by atoms with Crippen molar-refractivity contribution in [2.75, 3.05) is 12.4 Å². The molecule has 0 aliphatic heterocycles. The summed E-state index contributed by atoms with van der Waals surface area (Å²) in [6.45, 7) is 0. The van der Waals surface area contributed by atoms with E-state index in [1.54, 1.807) is 6.20 Å². The summed E-state index contributed by atoms with van der Waals surface area (Å²) < 4.78 is 0.958. The normalized spacial score (nSPS) is 9.25. The van der Waals surface area contributed by atoms with Gasteiger partial charge in [-0.2, -0.15) is 5.10 Å². The highest BCUT2D eigenvalue weighted by molar-refractivity contribution is 9.10. The van der Waals surface area contributed by atoms with Crippen molar-refractivity contribution in [3.63, 3.8) is 0 Å². The Morgan fingerprint density at radius 1 is 1.88 bits per heavy atom. The van der Waals surface area contributed by atoms with Crippen LogP contribution in [0.4, 0.5) is 5.82 Å². The van der Waals surface area contributed by atoms with Crippen molar-refractivity contribution in [1.29, 1.82) is 0 Å². The summed E-state index contributed by atoms with van der Waals surface area (Å²) >= 11 is 3.27. The number of H-pyrrole nitrogens is 1. The van der Waals surface area contributed by atoms with E-state index in [1.165, 1.54) is 0 Å². The average molecular weight is 176 g/mol. The summed E-state index contributed by atoms with van der Waals surface area (Å²) in [5, 5.41) is 9.42. The fraction of sp³-hybridized carbons (Fsp3) is 0.250. The Morgan fingerprint density at radius 2 is 2.62 bits per heavy atom. The standard InChI is InChI=1S/C4H6BrN3/c1-6-4-3(5)2-7-8-4/h2H,1H3,(H2,6,7,8). The topological polar surface area (TPSA) is 40.7 Å². The Balaban J connectivity index is 2.92. The van der Waals surface area contributed by atoms with Crippen molar-refractivity contribution >= 4 is 21.7 Å². The number of nitrogens with one attached hydrogen (secondary N) is 2. The molecule has 4 heteroatoms. The van der Waals surface area contributed by atoms with E-state index in [1.807, 2.05) is 7.05 Å². The lowest BCUT2D eigenvalue weighted by molar-refractivity contribution is 1.09. The van der Waals surface area contributed by atoms with Gasteiger partial charge in [-0.25, -0.2) is 0 Å². The number of aromatic nitrogens is 2. The van der Waals surface area contributed by atoms with E-state index in [-0.39, 0.29) is 0 Å². The lowest BCUT2D eigenvalue weighted by Gasteiger charge is -1.90. The second kappa shape index (κ2) is 2.17. The van der Waals surface area contributed by atoms with Gasteiger partial charge >= 0.3 is 0 Å². The number of aromatic amines is 1. The molecular formula is C4H6BrN3. The summed E-state index contributed by atoms with van der Waals surface area (Å²) in [6.07, 6.45) is 1.70. The summed E-state index contributed by atoms with van der Waals surface area (Å²) in [4.78, 5) is 0. The van der Waals surface area contributed by atoms with E-state index in [2.05, 4.69) is 31.4 Å². The molecule has 3 nitrogen and oxygen atoms in total. The smallest absolute Gasteiger partial charge is 0.135 e. The molecular weight excluding hydrogens is 170 g/mol. The van der Waals surface area contributed by atoms with Gasteiger partial charge in [0, 0.05) is 7.05 Å². The van der Waals surface area contributed by atoms with E-state index in [0.29, 0.717) is 0 Å². The first-order valence-electron chi connectivity index (χ1n) is 2.21. The largest absolute Gasteiger partial charge is 0.373 e. The molecule has 0 saturated carbocycles. The van der Waals surface area contributed by atoms with E-state index in [9.17, 15) is 0 Å². The summed E-state index contributed by atoms with van der Waals surface area (Å²) in [7, 11) is 1.83. The van der Waals surface area contributed by atoms with Crippen LogP contribution in [0.15, 0.2) is 10.7 Å². The van der Waals surface area contributed by atoms with Crippen LogP contribution in [-0.2, 0) is 0 Å². The molecule has 8 heavy (non-hydrogen) atoms. The zero-order chi connectivity index (χ0) is 5.98. The number of rotatable bonds is 1. The van der Waals surface area contributed by atoms with Gasteiger partial charge in [0.1, 0.15) is 5.82 Å². The van der Waals surface area contributed by atoms with E-state index < -0.39 is 0 Å². The molecule has 0 radical (unpaired) electrons. The average Bonchev–Trinajstić information content (AvgIpc) is 2.14. The Morgan fingerprint density at radius 3 is 2.88 bits per heavy atom. The fourth-order valence-electron chi connectivity index (χ4n) is 0.447. The van der Waals surface area contributed by atoms with Crippen LogP contribution in [0.3, 0.4) is 0 Å². The minimum absolute atomic E-state index is 0.907. The highest BCUT2D eigenvalue weighted by atomic mass is 79.9.